The zero-order valence-electron chi connectivity index (χ0n) is 12.9. The highest BCUT2D eigenvalue weighted by molar-refractivity contribution is 5.91. The fourth-order valence-corrected chi connectivity index (χ4v) is 2.29. The highest BCUT2D eigenvalue weighted by atomic mass is 16.5. The van der Waals surface area contributed by atoms with Gasteiger partial charge in [0.15, 0.2) is 0 Å². The molecule has 0 spiro atoms. The number of carbonyl (C=O) groups is 1. The van der Waals surface area contributed by atoms with Gasteiger partial charge in [0.05, 0.1) is 5.60 Å². The maximum Gasteiger partial charge on any atom is 0.289 e. The summed E-state index contributed by atoms with van der Waals surface area (Å²) in [5.41, 5.74) is 5.39. The number of ether oxygens (including phenoxy) is 1. The van der Waals surface area contributed by atoms with Crippen LogP contribution in [0.4, 0.5) is 11.9 Å². The molecule has 21 heavy (non-hydrogen) atoms. The lowest BCUT2D eigenvalue weighted by atomic mass is 9.94. The Kier molecular flexibility index (Phi) is 4.26. The summed E-state index contributed by atoms with van der Waals surface area (Å²) in [5.74, 6) is 0.0940. The van der Waals surface area contributed by atoms with E-state index in [9.17, 15) is 4.79 Å². The Labute approximate surface area is 124 Å². The van der Waals surface area contributed by atoms with E-state index in [1.807, 2.05) is 13.8 Å². The second-order valence-electron chi connectivity index (χ2n) is 5.98. The van der Waals surface area contributed by atoms with E-state index in [1.54, 1.807) is 19.0 Å². The van der Waals surface area contributed by atoms with Gasteiger partial charge in [-0.1, -0.05) is 0 Å². The summed E-state index contributed by atoms with van der Waals surface area (Å²) in [5, 5.41) is 2.94. The van der Waals surface area contributed by atoms with Crippen molar-refractivity contribution < 1.29 is 9.53 Å². The summed E-state index contributed by atoms with van der Waals surface area (Å²) in [6.07, 6.45) is 1.52. The molecule has 1 aromatic rings. The van der Waals surface area contributed by atoms with E-state index in [-0.39, 0.29) is 29.3 Å². The van der Waals surface area contributed by atoms with E-state index in [4.69, 9.17) is 10.5 Å². The van der Waals surface area contributed by atoms with Crippen LogP contribution in [0.3, 0.4) is 0 Å². The van der Waals surface area contributed by atoms with Gasteiger partial charge in [-0.2, -0.15) is 15.0 Å². The predicted molar refractivity (Wildman–Crippen MR) is 79.1 cm³/mol. The highest BCUT2D eigenvalue weighted by Gasteiger charge is 2.30. The van der Waals surface area contributed by atoms with Gasteiger partial charge in [0.1, 0.15) is 0 Å². The normalized spacial score (nSPS) is 20.9. The Hall–Kier alpha value is -1.96. The first-order valence-corrected chi connectivity index (χ1v) is 6.90. The van der Waals surface area contributed by atoms with Crippen LogP contribution in [0.5, 0.6) is 0 Å². The minimum atomic E-state index is -0.338. The smallest absolute Gasteiger partial charge is 0.289 e. The maximum atomic E-state index is 12.3. The monoisotopic (exact) mass is 294 g/mol. The fourth-order valence-electron chi connectivity index (χ4n) is 2.29. The van der Waals surface area contributed by atoms with Gasteiger partial charge in [-0.25, -0.2) is 0 Å². The Bertz CT molecular complexity index is 531. The van der Waals surface area contributed by atoms with Crippen LogP contribution >= 0.6 is 0 Å². The number of carbonyl (C=O) groups excluding carboxylic acids is 1. The van der Waals surface area contributed by atoms with Crippen molar-refractivity contribution in [3.8, 4) is 0 Å². The first-order valence-electron chi connectivity index (χ1n) is 6.90. The van der Waals surface area contributed by atoms with Crippen molar-refractivity contribution in [2.75, 3.05) is 31.3 Å². The summed E-state index contributed by atoms with van der Waals surface area (Å²) in [6, 6.07) is 0.0436. The minimum absolute atomic E-state index is 0.0335. The number of hydrogen-bond acceptors (Lipinski definition) is 7. The molecule has 2 heterocycles. The number of nitrogens with zero attached hydrogens (tertiary/aromatic N) is 4. The molecular formula is C13H22N6O2. The first kappa shape index (κ1) is 15.4. The lowest BCUT2D eigenvalue weighted by Gasteiger charge is -2.35. The standard InChI is InChI=1S/C13H22N6O2/c1-13(2)7-8(5-6-21-13)15-10(20)9-16-11(14)18-12(17-9)19(3)4/h8H,5-7H2,1-4H3,(H,15,20)(H2,14,16,17,18)/t8-/m0/s1. The van der Waals surface area contributed by atoms with Crippen molar-refractivity contribution in [3.63, 3.8) is 0 Å². The molecule has 1 fully saturated rings. The average Bonchev–Trinajstić information content (AvgIpc) is 2.36. The molecule has 116 valence electrons. The summed E-state index contributed by atoms with van der Waals surface area (Å²) >= 11 is 0. The SMILES string of the molecule is CN(C)c1nc(N)nc(C(=O)N[C@H]2CCOC(C)(C)C2)n1. The van der Waals surface area contributed by atoms with Crippen LogP contribution in [0.15, 0.2) is 0 Å². The van der Waals surface area contributed by atoms with Gasteiger partial charge >= 0.3 is 0 Å². The Balaban J connectivity index is 2.10. The van der Waals surface area contributed by atoms with Gasteiger partial charge in [0.2, 0.25) is 17.7 Å². The quantitative estimate of drug-likeness (QED) is 0.820. The molecular weight excluding hydrogens is 272 g/mol. The fraction of sp³-hybridized carbons (Fsp3) is 0.692. The Morgan fingerprint density at radius 3 is 2.71 bits per heavy atom. The zero-order valence-corrected chi connectivity index (χ0v) is 12.9. The molecule has 0 bridgehead atoms. The predicted octanol–water partition coefficient (Wildman–Crippen LogP) is 0.207. The van der Waals surface area contributed by atoms with Crippen molar-refractivity contribution in [1.82, 2.24) is 20.3 Å². The van der Waals surface area contributed by atoms with Crippen molar-refractivity contribution in [1.29, 1.82) is 0 Å². The molecule has 1 aromatic heterocycles. The lowest BCUT2D eigenvalue weighted by Crippen LogP contribution is -2.46. The highest BCUT2D eigenvalue weighted by Crippen LogP contribution is 2.24. The van der Waals surface area contributed by atoms with Crippen LogP contribution in [0.25, 0.3) is 0 Å². The lowest BCUT2D eigenvalue weighted by molar-refractivity contribution is -0.0615. The Morgan fingerprint density at radius 1 is 1.38 bits per heavy atom. The maximum absolute atomic E-state index is 12.3. The molecule has 1 aliphatic rings. The number of rotatable bonds is 3. The summed E-state index contributed by atoms with van der Waals surface area (Å²) in [7, 11) is 3.55. The van der Waals surface area contributed by atoms with Crippen LogP contribution in [-0.2, 0) is 4.74 Å². The largest absolute Gasteiger partial charge is 0.375 e. The molecule has 2 rings (SSSR count). The number of nitrogen functional groups attached to an aromatic ring is 1. The second kappa shape index (κ2) is 5.80. The van der Waals surface area contributed by atoms with Gasteiger partial charge in [-0.05, 0) is 26.7 Å². The summed E-state index contributed by atoms with van der Waals surface area (Å²) in [4.78, 5) is 25.9. The van der Waals surface area contributed by atoms with E-state index >= 15 is 0 Å². The topological polar surface area (TPSA) is 106 Å². The molecule has 3 N–H and O–H groups in total. The van der Waals surface area contributed by atoms with Crippen molar-refractivity contribution in [3.05, 3.63) is 5.82 Å². The molecule has 0 saturated carbocycles. The summed E-state index contributed by atoms with van der Waals surface area (Å²) < 4.78 is 5.63. The van der Waals surface area contributed by atoms with Crippen LogP contribution in [0, 0.1) is 0 Å². The molecule has 1 saturated heterocycles. The van der Waals surface area contributed by atoms with E-state index in [0.29, 0.717) is 12.6 Å². The number of amides is 1. The van der Waals surface area contributed by atoms with E-state index < -0.39 is 0 Å². The van der Waals surface area contributed by atoms with Crippen molar-refractivity contribution in [2.45, 2.75) is 38.3 Å². The van der Waals surface area contributed by atoms with Crippen molar-refractivity contribution >= 4 is 17.8 Å². The number of nitrogens with two attached hydrogens (primary N) is 1. The molecule has 8 nitrogen and oxygen atoms in total. The molecule has 0 aromatic carbocycles. The molecule has 1 amide bonds. The van der Waals surface area contributed by atoms with Crippen LogP contribution in [-0.4, -0.2) is 53.2 Å². The third-order valence-corrected chi connectivity index (χ3v) is 3.28. The van der Waals surface area contributed by atoms with Gasteiger partial charge in [0, 0.05) is 26.7 Å². The first-order chi connectivity index (χ1) is 9.77. The minimum Gasteiger partial charge on any atom is -0.375 e. The van der Waals surface area contributed by atoms with E-state index in [1.165, 1.54) is 0 Å². The third kappa shape index (κ3) is 4.01. The van der Waals surface area contributed by atoms with Gasteiger partial charge in [0.25, 0.3) is 5.91 Å². The molecule has 1 atom stereocenters. The van der Waals surface area contributed by atoms with Gasteiger partial charge < -0.3 is 20.7 Å². The third-order valence-electron chi connectivity index (χ3n) is 3.28. The zero-order chi connectivity index (χ0) is 15.6. The molecule has 0 unspecified atom stereocenters. The molecule has 1 aliphatic heterocycles. The van der Waals surface area contributed by atoms with Gasteiger partial charge in [-0.15, -0.1) is 0 Å². The number of anilines is 2. The molecule has 0 aliphatic carbocycles. The average molecular weight is 294 g/mol. The Morgan fingerprint density at radius 2 is 2.10 bits per heavy atom. The van der Waals surface area contributed by atoms with Crippen LogP contribution in [0.1, 0.15) is 37.3 Å². The van der Waals surface area contributed by atoms with Crippen molar-refractivity contribution in [2.24, 2.45) is 0 Å². The number of nitrogens with one attached hydrogen (secondary N) is 1. The number of hydrogen-bond donors (Lipinski definition) is 2. The van der Waals surface area contributed by atoms with E-state index in [0.717, 1.165) is 12.8 Å². The second-order valence-corrected chi connectivity index (χ2v) is 5.98. The molecule has 8 heteroatoms. The summed E-state index contributed by atoms with van der Waals surface area (Å²) in [6.45, 7) is 4.65. The van der Waals surface area contributed by atoms with Crippen LogP contribution < -0.4 is 16.0 Å². The van der Waals surface area contributed by atoms with E-state index in [2.05, 4.69) is 20.3 Å². The molecule has 0 radical (unpaired) electrons. The van der Waals surface area contributed by atoms with Crippen LogP contribution in [0.2, 0.25) is 0 Å². The van der Waals surface area contributed by atoms with Gasteiger partial charge in [-0.3, -0.25) is 4.79 Å². The number of aromatic nitrogens is 3.